The first-order valence-corrected chi connectivity index (χ1v) is 4.49. The van der Waals surface area contributed by atoms with Gasteiger partial charge < -0.3 is 15.7 Å². The van der Waals surface area contributed by atoms with Crippen LogP contribution in [0.2, 0.25) is 0 Å². The van der Waals surface area contributed by atoms with Gasteiger partial charge in [-0.2, -0.15) is 0 Å². The van der Waals surface area contributed by atoms with Gasteiger partial charge in [0, 0.05) is 24.7 Å². The Balaban J connectivity index is 2.53. The van der Waals surface area contributed by atoms with Gasteiger partial charge in [-0.3, -0.25) is 4.79 Å². The summed E-state index contributed by atoms with van der Waals surface area (Å²) in [5, 5.41) is 9.38. The van der Waals surface area contributed by atoms with Crippen molar-refractivity contribution >= 4 is 17.3 Å². The second-order valence-corrected chi connectivity index (χ2v) is 3.42. The highest BCUT2D eigenvalue weighted by atomic mass is 16.3. The fourth-order valence-corrected chi connectivity index (χ4v) is 1.83. The molecule has 1 amide bonds. The van der Waals surface area contributed by atoms with E-state index >= 15 is 0 Å². The molecule has 14 heavy (non-hydrogen) atoms. The van der Waals surface area contributed by atoms with Crippen LogP contribution in [-0.2, 0) is 11.2 Å². The molecule has 0 spiro atoms. The molecule has 1 heterocycles. The Labute approximate surface area is 81.9 Å². The Morgan fingerprint density at radius 1 is 1.57 bits per heavy atom. The lowest BCUT2D eigenvalue weighted by Crippen LogP contribution is -2.25. The van der Waals surface area contributed by atoms with E-state index in [1.165, 1.54) is 13.0 Å². The number of nitrogen functional groups attached to an aromatic ring is 1. The van der Waals surface area contributed by atoms with E-state index in [0.29, 0.717) is 12.2 Å². The van der Waals surface area contributed by atoms with Crippen LogP contribution in [0.3, 0.4) is 0 Å². The summed E-state index contributed by atoms with van der Waals surface area (Å²) in [6.07, 6.45) is 0.717. The number of amides is 1. The van der Waals surface area contributed by atoms with Gasteiger partial charge in [-0.1, -0.05) is 0 Å². The topological polar surface area (TPSA) is 66.6 Å². The fourth-order valence-electron chi connectivity index (χ4n) is 1.83. The molecule has 1 aromatic rings. The van der Waals surface area contributed by atoms with Gasteiger partial charge in [0.1, 0.15) is 5.75 Å². The molecule has 4 heteroatoms. The Kier molecular flexibility index (Phi) is 1.84. The van der Waals surface area contributed by atoms with E-state index in [1.54, 1.807) is 11.0 Å². The van der Waals surface area contributed by atoms with Gasteiger partial charge in [0.2, 0.25) is 5.91 Å². The molecular formula is C10H12N2O2. The number of carbonyl (C=O) groups excluding carboxylic acids is 1. The van der Waals surface area contributed by atoms with Crippen molar-refractivity contribution in [2.24, 2.45) is 0 Å². The molecular weight excluding hydrogens is 180 g/mol. The molecule has 1 aliphatic rings. The summed E-state index contributed by atoms with van der Waals surface area (Å²) in [6.45, 7) is 2.18. The highest BCUT2D eigenvalue weighted by Crippen LogP contribution is 2.37. The van der Waals surface area contributed by atoms with Gasteiger partial charge in [0.15, 0.2) is 0 Å². The average Bonchev–Trinajstić information content (AvgIpc) is 2.55. The lowest BCUT2D eigenvalue weighted by molar-refractivity contribution is -0.116. The molecule has 1 aliphatic heterocycles. The van der Waals surface area contributed by atoms with Crippen LogP contribution in [0, 0.1) is 0 Å². The van der Waals surface area contributed by atoms with Gasteiger partial charge in [-0.05, 0) is 18.6 Å². The van der Waals surface area contributed by atoms with Crippen molar-refractivity contribution in [3.05, 3.63) is 17.7 Å². The molecule has 0 fully saturated rings. The summed E-state index contributed by atoms with van der Waals surface area (Å²) in [6, 6.07) is 3.25. The van der Waals surface area contributed by atoms with Gasteiger partial charge in [0.05, 0.1) is 5.69 Å². The highest BCUT2D eigenvalue weighted by molar-refractivity contribution is 5.95. The summed E-state index contributed by atoms with van der Waals surface area (Å²) >= 11 is 0. The van der Waals surface area contributed by atoms with Crippen molar-refractivity contribution in [2.75, 3.05) is 17.2 Å². The van der Waals surface area contributed by atoms with Crippen molar-refractivity contribution in [2.45, 2.75) is 13.3 Å². The maximum atomic E-state index is 11.2. The van der Waals surface area contributed by atoms with Crippen LogP contribution >= 0.6 is 0 Å². The van der Waals surface area contributed by atoms with Crippen molar-refractivity contribution in [1.82, 2.24) is 0 Å². The number of phenolic OH excluding ortho intramolecular Hbond substituents is 1. The third kappa shape index (κ3) is 1.11. The molecule has 0 aromatic heterocycles. The number of phenols is 1. The SMILES string of the molecule is CC(=O)N1CCc2c1ccc(O)c2N. The molecule has 0 radical (unpaired) electrons. The molecule has 3 N–H and O–H groups in total. The predicted molar refractivity (Wildman–Crippen MR) is 54.3 cm³/mol. The largest absolute Gasteiger partial charge is 0.506 e. The van der Waals surface area contributed by atoms with Crippen LogP contribution in [0.5, 0.6) is 5.75 Å². The van der Waals surface area contributed by atoms with Crippen LogP contribution in [0.1, 0.15) is 12.5 Å². The molecule has 0 aliphatic carbocycles. The molecule has 0 unspecified atom stereocenters. The maximum Gasteiger partial charge on any atom is 0.223 e. The van der Waals surface area contributed by atoms with E-state index in [4.69, 9.17) is 5.73 Å². The Hall–Kier alpha value is -1.71. The van der Waals surface area contributed by atoms with Crippen molar-refractivity contribution in [3.63, 3.8) is 0 Å². The lowest BCUT2D eigenvalue weighted by Gasteiger charge is -2.15. The number of anilines is 2. The lowest BCUT2D eigenvalue weighted by atomic mass is 10.1. The van der Waals surface area contributed by atoms with Gasteiger partial charge in [-0.15, -0.1) is 0 Å². The van der Waals surface area contributed by atoms with Crippen LogP contribution in [-0.4, -0.2) is 17.6 Å². The van der Waals surface area contributed by atoms with Crippen molar-refractivity contribution < 1.29 is 9.90 Å². The maximum absolute atomic E-state index is 11.2. The van der Waals surface area contributed by atoms with Gasteiger partial charge >= 0.3 is 0 Å². The first-order valence-electron chi connectivity index (χ1n) is 4.49. The summed E-state index contributed by atoms with van der Waals surface area (Å²) in [4.78, 5) is 12.9. The van der Waals surface area contributed by atoms with Crippen LogP contribution in [0.25, 0.3) is 0 Å². The predicted octanol–water partition coefficient (Wildman–Crippen LogP) is 0.883. The van der Waals surface area contributed by atoms with Gasteiger partial charge in [-0.25, -0.2) is 0 Å². The summed E-state index contributed by atoms with van der Waals surface area (Å²) in [5.74, 6) is 0.1000. The zero-order valence-corrected chi connectivity index (χ0v) is 7.95. The zero-order chi connectivity index (χ0) is 10.3. The standard InChI is InChI=1S/C10H12N2O2/c1-6(13)12-5-4-7-8(12)2-3-9(14)10(7)11/h2-3,14H,4-5,11H2,1H3. The van der Waals surface area contributed by atoms with Gasteiger partial charge in [0.25, 0.3) is 0 Å². The minimum atomic E-state index is 0.00818. The van der Waals surface area contributed by atoms with E-state index in [9.17, 15) is 9.90 Å². The average molecular weight is 192 g/mol. The van der Waals surface area contributed by atoms with Crippen LogP contribution in [0.4, 0.5) is 11.4 Å². The Morgan fingerprint density at radius 2 is 2.29 bits per heavy atom. The molecule has 1 aromatic carbocycles. The number of aromatic hydroxyl groups is 1. The number of benzene rings is 1. The minimum absolute atomic E-state index is 0.00818. The Morgan fingerprint density at radius 3 is 2.93 bits per heavy atom. The molecule has 2 rings (SSSR count). The van der Waals surface area contributed by atoms with Crippen molar-refractivity contribution in [3.8, 4) is 5.75 Å². The quantitative estimate of drug-likeness (QED) is 0.473. The first-order chi connectivity index (χ1) is 6.61. The second kappa shape index (κ2) is 2.90. The van der Waals surface area contributed by atoms with E-state index in [2.05, 4.69) is 0 Å². The van der Waals surface area contributed by atoms with E-state index in [-0.39, 0.29) is 11.7 Å². The van der Waals surface area contributed by atoms with Crippen molar-refractivity contribution in [1.29, 1.82) is 0 Å². The number of rotatable bonds is 0. The zero-order valence-electron chi connectivity index (χ0n) is 7.95. The van der Waals surface area contributed by atoms with E-state index < -0.39 is 0 Å². The van der Waals surface area contributed by atoms with Crippen LogP contribution in [0.15, 0.2) is 12.1 Å². The second-order valence-electron chi connectivity index (χ2n) is 3.42. The smallest absolute Gasteiger partial charge is 0.223 e. The summed E-state index contributed by atoms with van der Waals surface area (Å²) in [5.41, 5.74) is 7.80. The summed E-state index contributed by atoms with van der Waals surface area (Å²) < 4.78 is 0. The van der Waals surface area contributed by atoms with Crippen LogP contribution < -0.4 is 10.6 Å². The third-order valence-electron chi connectivity index (χ3n) is 2.57. The molecule has 74 valence electrons. The molecule has 0 bridgehead atoms. The monoisotopic (exact) mass is 192 g/mol. The first kappa shape index (κ1) is 8.87. The number of hydrogen-bond acceptors (Lipinski definition) is 3. The minimum Gasteiger partial charge on any atom is -0.506 e. The fraction of sp³-hybridized carbons (Fsp3) is 0.300. The highest BCUT2D eigenvalue weighted by Gasteiger charge is 2.24. The number of fused-ring (bicyclic) bond motifs is 1. The third-order valence-corrected chi connectivity index (χ3v) is 2.57. The molecule has 0 atom stereocenters. The molecule has 4 nitrogen and oxygen atoms in total. The summed E-state index contributed by atoms with van der Waals surface area (Å²) in [7, 11) is 0. The number of nitrogens with two attached hydrogens (primary N) is 1. The number of nitrogens with zero attached hydrogens (tertiary/aromatic N) is 1. The number of carbonyl (C=O) groups is 1. The molecule has 0 saturated heterocycles. The van der Waals surface area contributed by atoms with E-state index in [1.807, 2.05) is 0 Å². The Bertz CT molecular complexity index is 401. The number of hydrogen-bond donors (Lipinski definition) is 2. The van der Waals surface area contributed by atoms with E-state index in [0.717, 1.165) is 17.7 Å². The normalized spacial score (nSPS) is 14.2. The molecule has 0 saturated carbocycles.